The Bertz CT molecular complexity index is 748. The zero-order valence-electron chi connectivity index (χ0n) is 14.5. The Morgan fingerprint density at radius 2 is 1.96 bits per heavy atom. The largest absolute Gasteiger partial charge is 0.493 e. The Kier molecular flexibility index (Phi) is 5.28. The van der Waals surface area contributed by atoms with E-state index in [1.807, 2.05) is 24.3 Å². The van der Waals surface area contributed by atoms with Crippen LogP contribution in [-0.4, -0.2) is 46.4 Å². The van der Waals surface area contributed by atoms with Crippen LogP contribution < -0.4 is 24.4 Å². The van der Waals surface area contributed by atoms with Crippen LogP contribution in [0.3, 0.4) is 0 Å². The van der Waals surface area contributed by atoms with E-state index in [-0.39, 0.29) is 5.91 Å². The van der Waals surface area contributed by atoms with Gasteiger partial charge in [0.1, 0.15) is 12.4 Å². The number of rotatable bonds is 6. The first-order valence-electron chi connectivity index (χ1n) is 8.20. The van der Waals surface area contributed by atoms with Crippen molar-refractivity contribution in [2.45, 2.75) is 0 Å². The normalized spacial score (nSPS) is 12.8. The molecule has 2 aromatic rings. The lowest BCUT2D eigenvalue weighted by atomic mass is 10.2. The number of hydrogen-bond donors (Lipinski definition) is 1. The van der Waals surface area contributed by atoms with E-state index < -0.39 is 0 Å². The van der Waals surface area contributed by atoms with E-state index in [1.165, 1.54) is 0 Å². The van der Waals surface area contributed by atoms with Gasteiger partial charge in [0.05, 0.1) is 26.5 Å². The number of nitrogens with one attached hydrogen (secondary N) is 1. The van der Waals surface area contributed by atoms with Gasteiger partial charge in [0, 0.05) is 18.7 Å². The molecule has 2 aromatic carbocycles. The molecule has 1 aliphatic heterocycles. The van der Waals surface area contributed by atoms with E-state index >= 15 is 0 Å². The highest BCUT2D eigenvalue weighted by atomic mass is 16.5. The molecule has 1 aliphatic rings. The smallest absolute Gasteiger partial charge is 0.251 e. The van der Waals surface area contributed by atoms with Gasteiger partial charge in [-0.05, 0) is 30.3 Å². The molecular formula is C19H22N2O4. The Hall–Kier alpha value is -2.89. The summed E-state index contributed by atoms with van der Waals surface area (Å²) in [5.41, 5.74) is 1.61. The molecule has 0 atom stereocenters. The van der Waals surface area contributed by atoms with E-state index in [2.05, 4.69) is 10.2 Å². The fraction of sp³-hybridized carbons (Fsp3) is 0.316. The van der Waals surface area contributed by atoms with Crippen LogP contribution in [-0.2, 0) is 0 Å². The van der Waals surface area contributed by atoms with Gasteiger partial charge in [-0.1, -0.05) is 12.1 Å². The van der Waals surface area contributed by atoms with E-state index in [0.29, 0.717) is 30.2 Å². The molecule has 25 heavy (non-hydrogen) atoms. The molecule has 1 N–H and O–H groups in total. The molecule has 3 rings (SSSR count). The van der Waals surface area contributed by atoms with E-state index in [4.69, 9.17) is 14.2 Å². The standard InChI is InChI=1S/C19H22N2O4/c1-23-17-8-7-14(13-18(17)24-2)19(22)20-9-10-21-11-12-25-16-6-4-3-5-15(16)21/h3-8,13H,9-12H2,1-2H3,(H,20,22). The maximum atomic E-state index is 12.3. The third-order valence-corrected chi connectivity index (χ3v) is 4.14. The van der Waals surface area contributed by atoms with Crippen molar-refractivity contribution in [3.63, 3.8) is 0 Å². The summed E-state index contributed by atoms with van der Waals surface area (Å²) in [6.07, 6.45) is 0. The highest BCUT2D eigenvalue weighted by molar-refractivity contribution is 5.94. The summed E-state index contributed by atoms with van der Waals surface area (Å²) in [6, 6.07) is 13.1. The molecule has 6 heteroatoms. The summed E-state index contributed by atoms with van der Waals surface area (Å²) < 4.78 is 16.1. The van der Waals surface area contributed by atoms with Crippen molar-refractivity contribution < 1.29 is 19.0 Å². The quantitative estimate of drug-likeness (QED) is 0.873. The number of ether oxygens (including phenoxy) is 3. The molecule has 132 valence electrons. The van der Waals surface area contributed by atoms with Crippen molar-refractivity contribution in [1.82, 2.24) is 5.32 Å². The van der Waals surface area contributed by atoms with Crippen LogP contribution in [0.25, 0.3) is 0 Å². The summed E-state index contributed by atoms with van der Waals surface area (Å²) in [5.74, 6) is 1.89. The minimum absolute atomic E-state index is 0.137. The maximum absolute atomic E-state index is 12.3. The summed E-state index contributed by atoms with van der Waals surface area (Å²) in [4.78, 5) is 14.6. The first-order valence-corrected chi connectivity index (χ1v) is 8.20. The van der Waals surface area contributed by atoms with Gasteiger partial charge < -0.3 is 24.4 Å². The number of carbonyl (C=O) groups excluding carboxylic acids is 1. The molecule has 0 bridgehead atoms. The van der Waals surface area contributed by atoms with Crippen LogP contribution in [0.15, 0.2) is 42.5 Å². The van der Waals surface area contributed by atoms with Gasteiger partial charge in [-0.15, -0.1) is 0 Å². The summed E-state index contributed by atoms with van der Waals surface area (Å²) >= 11 is 0. The lowest BCUT2D eigenvalue weighted by Crippen LogP contribution is -2.39. The van der Waals surface area contributed by atoms with Crippen LogP contribution in [0.5, 0.6) is 17.2 Å². The van der Waals surface area contributed by atoms with E-state index in [0.717, 1.165) is 24.5 Å². The van der Waals surface area contributed by atoms with Gasteiger partial charge in [-0.25, -0.2) is 0 Å². The Morgan fingerprint density at radius 1 is 1.16 bits per heavy atom. The first-order chi connectivity index (χ1) is 12.2. The molecule has 0 saturated carbocycles. The summed E-state index contributed by atoms with van der Waals surface area (Å²) in [7, 11) is 3.12. The molecule has 6 nitrogen and oxygen atoms in total. The van der Waals surface area contributed by atoms with Crippen molar-refractivity contribution in [2.24, 2.45) is 0 Å². The monoisotopic (exact) mass is 342 g/mol. The lowest BCUT2D eigenvalue weighted by Gasteiger charge is -2.31. The number of nitrogens with zero attached hydrogens (tertiary/aromatic N) is 1. The second kappa shape index (κ2) is 7.79. The van der Waals surface area contributed by atoms with Gasteiger partial charge in [0.25, 0.3) is 5.91 Å². The van der Waals surface area contributed by atoms with Crippen LogP contribution >= 0.6 is 0 Å². The third kappa shape index (κ3) is 3.79. The van der Waals surface area contributed by atoms with Gasteiger partial charge in [0.15, 0.2) is 11.5 Å². The van der Waals surface area contributed by atoms with Crippen LogP contribution in [0.1, 0.15) is 10.4 Å². The van der Waals surface area contributed by atoms with Gasteiger partial charge in [0.2, 0.25) is 0 Å². The van der Waals surface area contributed by atoms with E-state index in [1.54, 1.807) is 32.4 Å². The average molecular weight is 342 g/mol. The first kappa shape index (κ1) is 17.0. The number of hydrogen-bond acceptors (Lipinski definition) is 5. The molecule has 0 fully saturated rings. The number of fused-ring (bicyclic) bond motifs is 1. The second-order valence-corrected chi connectivity index (χ2v) is 5.63. The van der Waals surface area contributed by atoms with Crippen molar-refractivity contribution in [3.05, 3.63) is 48.0 Å². The Labute approximate surface area is 147 Å². The predicted molar refractivity (Wildman–Crippen MR) is 96.0 cm³/mol. The maximum Gasteiger partial charge on any atom is 0.251 e. The number of amides is 1. The highest BCUT2D eigenvalue weighted by Gasteiger charge is 2.17. The van der Waals surface area contributed by atoms with Crippen molar-refractivity contribution in [1.29, 1.82) is 0 Å². The van der Waals surface area contributed by atoms with Gasteiger partial charge in [-0.3, -0.25) is 4.79 Å². The molecule has 0 aliphatic carbocycles. The Morgan fingerprint density at radius 3 is 2.76 bits per heavy atom. The lowest BCUT2D eigenvalue weighted by molar-refractivity contribution is 0.0954. The van der Waals surface area contributed by atoms with Crippen LogP contribution in [0.4, 0.5) is 5.69 Å². The molecule has 0 spiro atoms. The fourth-order valence-corrected chi connectivity index (χ4v) is 2.84. The minimum Gasteiger partial charge on any atom is -0.493 e. The van der Waals surface area contributed by atoms with Gasteiger partial charge in [-0.2, -0.15) is 0 Å². The Balaban J connectivity index is 1.59. The summed E-state index contributed by atoms with van der Waals surface area (Å²) in [5, 5.41) is 2.95. The summed E-state index contributed by atoms with van der Waals surface area (Å²) in [6.45, 7) is 2.73. The zero-order chi connectivity index (χ0) is 17.6. The number of anilines is 1. The molecule has 1 heterocycles. The molecule has 0 aromatic heterocycles. The van der Waals surface area contributed by atoms with Crippen molar-refractivity contribution in [2.75, 3.05) is 45.4 Å². The average Bonchev–Trinajstić information content (AvgIpc) is 2.67. The second-order valence-electron chi connectivity index (χ2n) is 5.63. The van der Waals surface area contributed by atoms with Crippen molar-refractivity contribution in [3.8, 4) is 17.2 Å². The van der Waals surface area contributed by atoms with E-state index in [9.17, 15) is 4.79 Å². The number of carbonyl (C=O) groups is 1. The molecular weight excluding hydrogens is 320 g/mol. The third-order valence-electron chi connectivity index (χ3n) is 4.14. The fourth-order valence-electron chi connectivity index (χ4n) is 2.84. The minimum atomic E-state index is -0.137. The number of methoxy groups -OCH3 is 2. The predicted octanol–water partition coefficient (Wildman–Crippen LogP) is 2.33. The SMILES string of the molecule is COc1ccc(C(=O)NCCN2CCOc3ccccc32)cc1OC. The van der Waals surface area contributed by atoms with Crippen LogP contribution in [0, 0.1) is 0 Å². The van der Waals surface area contributed by atoms with Crippen LogP contribution in [0.2, 0.25) is 0 Å². The zero-order valence-corrected chi connectivity index (χ0v) is 14.5. The molecule has 1 amide bonds. The topological polar surface area (TPSA) is 60.0 Å². The number of para-hydroxylation sites is 2. The van der Waals surface area contributed by atoms with Gasteiger partial charge >= 0.3 is 0 Å². The van der Waals surface area contributed by atoms with Crippen molar-refractivity contribution >= 4 is 11.6 Å². The molecule has 0 unspecified atom stereocenters. The highest BCUT2D eigenvalue weighted by Crippen LogP contribution is 2.30. The molecule has 0 saturated heterocycles. The number of benzene rings is 2. The molecule has 0 radical (unpaired) electrons.